The van der Waals surface area contributed by atoms with Gasteiger partial charge in [-0.25, -0.2) is 0 Å². The van der Waals surface area contributed by atoms with Crippen LogP contribution in [0.4, 0.5) is 5.69 Å². The minimum absolute atomic E-state index is 0.0723. The van der Waals surface area contributed by atoms with Gasteiger partial charge in [0, 0.05) is 12.2 Å². The van der Waals surface area contributed by atoms with Crippen LogP contribution in [0.3, 0.4) is 0 Å². The number of carbonyl (C=O) groups is 1. The molecule has 2 heterocycles. The zero-order valence-corrected chi connectivity index (χ0v) is 18.6. The molecule has 0 aliphatic rings. The lowest BCUT2D eigenvalue weighted by molar-refractivity contribution is -0.113. The summed E-state index contributed by atoms with van der Waals surface area (Å²) < 4.78 is 3.52. The smallest absolute Gasteiger partial charge is 0.262 e. The summed E-state index contributed by atoms with van der Waals surface area (Å²) in [6, 6.07) is 15.3. The minimum atomic E-state index is -0.110. The largest absolute Gasteiger partial charge is 0.325 e. The van der Waals surface area contributed by atoms with Crippen LogP contribution >= 0.6 is 11.8 Å². The number of nitrogens with zero attached hydrogens (tertiary/aromatic N) is 4. The van der Waals surface area contributed by atoms with E-state index in [9.17, 15) is 9.59 Å². The first-order valence-corrected chi connectivity index (χ1v) is 11.4. The number of aryl methyl sites for hydroxylation is 1. The fourth-order valence-electron chi connectivity index (χ4n) is 3.68. The van der Waals surface area contributed by atoms with Crippen molar-refractivity contribution in [2.75, 3.05) is 11.1 Å². The molecule has 0 fully saturated rings. The number of benzene rings is 2. The lowest BCUT2D eigenvalue weighted by Crippen LogP contribution is -2.23. The normalized spacial score (nSPS) is 11.5. The van der Waals surface area contributed by atoms with Crippen LogP contribution in [0, 0.1) is 0 Å². The highest BCUT2D eigenvalue weighted by Gasteiger charge is 2.17. The summed E-state index contributed by atoms with van der Waals surface area (Å²) in [4.78, 5) is 25.6. The van der Waals surface area contributed by atoms with Crippen LogP contribution in [0.15, 0.2) is 58.5 Å². The predicted octanol–water partition coefficient (Wildman–Crippen LogP) is 4.31. The summed E-state index contributed by atoms with van der Waals surface area (Å²) in [6.07, 6.45) is 0.806. The summed E-state index contributed by atoms with van der Waals surface area (Å²) in [7, 11) is 0. The number of amides is 1. The van der Waals surface area contributed by atoms with Crippen LogP contribution in [0.2, 0.25) is 0 Å². The Morgan fingerprint density at radius 1 is 1.10 bits per heavy atom. The molecular formula is C23H25N5O2S. The molecule has 0 spiro atoms. The molecule has 0 aliphatic carbocycles. The van der Waals surface area contributed by atoms with E-state index in [1.54, 1.807) is 4.57 Å². The number of fused-ring (bicyclic) bond motifs is 3. The molecule has 0 saturated carbocycles. The van der Waals surface area contributed by atoms with Crippen molar-refractivity contribution >= 4 is 40.0 Å². The SMILES string of the molecule is CCCn1c(=O)c2ccccc2n2c(SCC(=O)Nc3ccccc3C(C)C)nnc12. The lowest BCUT2D eigenvalue weighted by Gasteiger charge is -2.13. The van der Waals surface area contributed by atoms with Gasteiger partial charge in [-0.05, 0) is 36.1 Å². The monoisotopic (exact) mass is 435 g/mol. The Balaban J connectivity index is 1.64. The van der Waals surface area contributed by atoms with Crippen molar-refractivity contribution < 1.29 is 4.79 Å². The van der Waals surface area contributed by atoms with Crippen LogP contribution in [-0.4, -0.2) is 30.8 Å². The van der Waals surface area contributed by atoms with Crippen molar-refractivity contribution in [1.29, 1.82) is 0 Å². The number of nitrogens with one attached hydrogen (secondary N) is 1. The molecule has 0 unspecified atom stereocenters. The van der Waals surface area contributed by atoms with E-state index in [-0.39, 0.29) is 17.2 Å². The molecule has 0 saturated heterocycles. The average Bonchev–Trinajstić information content (AvgIpc) is 3.19. The third-order valence-electron chi connectivity index (χ3n) is 5.11. The van der Waals surface area contributed by atoms with Crippen molar-refractivity contribution in [1.82, 2.24) is 19.2 Å². The molecule has 4 rings (SSSR count). The minimum Gasteiger partial charge on any atom is -0.325 e. The summed E-state index contributed by atoms with van der Waals surface area (Å²) in [5.74, 6) is 0.889. The van der Waals surface area contributed by atoms with Crippen LogP contribution in [0.5, 0.6) is 0 Å². The van der Waals surface area contributed by atoms with Crippen molar-refractivity contribution in [2.24, 2.45) is 0 Å². The van der Waals surface area contributed by atoms with E-state index in [1.165, 1.54) is 11.8 Å². The van der Waals surface area contributed by atoms with E-state index in [1.807, 2.05) is 59.9 Å². The number of aromatic nitrogens is 4. The number of carbonyl (C=O) groups excluding carboxylic acids is 1. The van der Waals surface area contributed by atoms with E-state index in [0.29, 0.717) is 28.8 Å². The maximum Gasteiger partial charge on any atom is 0.262 e. The maximum atomic E-state index is 12.9. The summed E-state index contributed by atoms with van der Waals surface area (Å²) in [5, 5.41) is 12.8. The van der Waals surface area contributed by atoms with Gasteiger partial charge >= 0.3 is 0 Å². The molecular weight excluding hydrogens is 410 g/mol. The highest BCUT2D eigenvalue weighted by atomic mass is 32.2. The summed E-state index contributed by atoms with van der Waals surface area (Å²) >= 11 is 1.31. The number of hydrogen-bond donors (Lipinski definition) is 1. The molecule has 8 heteroatoms. The number of anilines is 1. The van der Waals surface area contributed by atoms with Crippen molar-refractivity contribution in [3.8, 4) is 0 Å². The number of para-hydroxylation sites is 2. The topological polar surface area (TPSA) is 81.3 Å². The van der Waals surface area contributed by atoms with Crippen LogP contribution in [0.1, 0.15) is 38.7 Å². The highest BCUT2D eigenvalue weighted by Crippen LogP contribution is 2.25. The first kappa shape index (κ1) is 21.1. The van der Waals surface area contributed by atoms with E-state index < -0.39 is 0 Å². The molecule has 0 radical (unpaired) electrons. The number of hydrogen-bond acceptors (Lipinski definition) is 5. The molecule has 4 aromatic rings. The standard InChI is InChI=1S/C23H25N5O2S/c1-4-13-27-21(30)17-10-6-8-12-19(17)28-22(27)25-26-23(28)31-14-20(29)24-18-11-7-5-9-16(18)15(2)3/h5-12,15H,4,13-14H2,1-3H3,(H,24,29). The van der Waals surface area contributed by atoms with Gasteiger partial charge in [0.15, 0.2) is 5.16 Å². The molecule has 160 valence electrons. The fourth-order valence-corrected chi connectivity index (χ4v) is 4.42. The van der Waals surface area contributed by atoms with Gasteiger partial charge in [-0.2, -0.15) is 0 Å². The quantitative estimate of drug-likeness (QED) is 0.438. The zero-order chi connectivity index (χ0) is 22.0. The van der Waals surface area contributed by atoms with Gasteiger partial charge in [0.1, 0.15) is 0 Å². The Bertz CT molecular complexity index is 1310. The van der Waals surface area contributed by atoms with Crippen molar-refractivity contribution in [2.45, 2.75) is 44.8 Å². The second-order valence-electron chi connectivity index (χ2n) is 7.67. The van der Waals surface area contributed by atoms with Gasteiger partial charge in [0.25, 0.3) is 5.56 Å². The molecule has 7 nitrogen and oxygen atoms in total. The Labute approximate surface area is 184 Å². The molecule has 0 aliphatic heterocycles. The van der Waals surface area contributed by atoms with Crippen molar-refractivity contribution in [3.05, 3.63) is 64.4 Å². The Kier molecular flexibility index (Phi) is 6.08. The van der Waals surface area contributed by atoms with Crippen LogP contribution < -0.4 is 10.9 Å². The third kappa shape index (κ3) is 4.07. The van der Waals surface area contributed by atoms with Gasteiger partial charge in [0.2, 0.25) is 11.7 Å². The molecule has 1 N–H and O–H groups in total. The van der Waals surface area contributed by atoms with Crippen LogP contribution in [0.25, 0.3) is 16.7 Å². The van der Waals surface area contributed by atoms with Crippen LogP contribution in [-0.2, 0) is 11.3 Å². The van der Waals surface area contributed by atoms with Gasteiger partial charge in [-0.3, -0.25) is 18.6 Å². The first-order chi connectivity index (χ1) is 15.0. The average molecular weight is 436 g/mol. The van der Waals surface area contributed by atoms with E-state index in [2.05, 4.69) is 29.4 Å². The second-order valence-corrected chi connectivity index (χ2v) is 8.61. The van der Waals surface area contributed by atoms with Gasteiger partial charge in [-0.15, -0.1) is 10.2 Å². The van der Waals surface area contributed by atoms with Gasteiger partial charge in [0.05, 0.1) is 16.7 Å². The number of thioether (sulfide) groups is 1. The third-order valence-corrected chi connectivity index (χ3v) is 6.04. The van der Waals surface area contributed by atoms with E-state index in [0.717, 1.165) is 23.2 Å². The molecule has 0 bridgehead atoms. The number of rotatable bonds is 7. The van der Waals surface area contributed by atoms with Gasteiger partial charge in [-0.1, -0.05) is 62.9 Å². The Morgan fingerprint density at radius 2 is 1.84 bits per heavy atom. The molecule has 2 aromatic heterocycles. The molecule has 1 amide bonds. The Hall–Kier alpha value is -3.13. The van der Waals surface area contributed by atoms with Gasteiger partial charge < -0.3 is 5.32 Å². The second kappa shape index (κ2) is 8.93. The lowest BCUT2D eigenvalue weighted by atomic mass is 10.0. The summed E-state index contributed by atoms with van der Waals surface area (Å²) in [5.41, 5.74) is 2.60. The van der Waals surface area contributed by atoms with E-state index >= 15 is 0 Å². The maximum absolute atomic E-state index is 12.9. The Morgan fingerprint density at radius 3 is 2.61 bits per heavy atom. The zero-order valence-electron chi connectivity index (χ0n) is 17.8. The predicted molar refractivity (Wildman–Crippen MR) is 125 cm³/mol. The first-order valence-electron chi connectivity index (χ1n) is 10.4. The van der Waals surface area contributed by atoms with Crippen molar-refractivity contribution in [3.63, 3.8) is 0 Å². The molecule has 0 atom stereocenters. The highest BCUT2D eigenvalue weighted by molar-refractivity contribution is 7.99. The molecule has 31 heavy (non-hydrogen) atoms. The van der Waals surface area contributed by atoms with E-state index in [4.69, 9.17) is 0 Å². The molecule has 2 aromatic carbocycles. The summed E-state index contributed by atoms with van der Waals surface area (Å²) in [6.45, 7) is 6.78. The fraction of sp³-hybridized carbons (Fsp3) is 0.304.